The number of ether oxygens (including phenoxy) is 8. The fourth-order valence-corrected chi connectivity index (χ4v) is 11.9. The van der Waals surface area contributed by atoms with Crippen molar-refractivity contribution in [1.29, 1.82) is 0 Å². The number of carboxylic acid groups (broad SMARTS) is 1. The fourth-order valence-electron chi connectivity index (χ4n) is 10.9. The number of phenols is 1. The van der Waals surface area contributed by atoms with Gasteiger partial charge in [-0.05, 0) is 165 Å². The van der Waals surface area contributed by atoms with Crippen LogP contribution < -0.4 is 49.7 Å². The van der Waals surface area contributed by atoms with E-state index in [1.54, 1.807) is 106 Å². The number of hydrogen-bond donors (Lipinski definition) is 4. The van der Waals surface area contributed by atoms with Crippen LogP contribution in [-0.4, -0.2) is 110 Å². The number of nitrogen functional groups attached to an aromatic ring is 1. The summed E-state index contributed by atoms with van der Waals surface area (Å²) in [6.07, 6.45) is -8.38. The third-order valence-electron chi connectivity index (χ3n) is 16.7. The Labute approximate surface area is 686 Å². The van der Waals surface area contributed by atoms with Crippen molar-refractivity contribution < 1.29 is 103 Å². The predicted molar refractivity (Wildman–Crippen MR) is 436 cm³/mol. The van der Waals surface area contributed by atoms with Crippen molar-refractivity contribution in [3.63, 3.8) is 0 Å². The summed E-state index contributed by atoms with van der Waals surface area (Å²) in [6, 6.07) is 51.8. The molecular formula is C85H85BrCf3Cl3F6N4O16-. The number of aromatic hydroxyl groups is 1. The van der Waals surface area contributed by atoms with Crippen molar-refractivity contribution in [2.75, 3.05) is 79.5 Å². The topological polar surface area (TPSA) is 275 Å². The molecular weight excluding hydrogens is 2390 g/mol. The Bertz CT molecular complexity index is 4960. The summed E-state index contributed by atoms with van der Waals surface area (Å²) in [6.45, 7) is 9.89. The van der Waals surface area contributed by atoms with Crippen molar-refractivity contribution in [2.24, 2.45) is 5.73 Å². The number of nitrogens with zero attached hydrogens (tertiary/aromatic N) is 2. The van der Waals surface area contributed by atoms with Gasteiger partial charge < -0.3 is 69.4 Å². The molecule has 2 aliphatic rings. The number of aromatic carboxylic acids is 1. The standard InChI is InChI=1S/C16H11ClF3NO2.C15H9ClF3NO2.C10H11BrO3.C10H12O3.C9H10O3.C9H10O2.C9H12O.C6H5ClN.CH5N.3Cf/c1-23-13-4-2-3-9-8-21(15(22)14(9)13)10-5-6-12(17)11(7-10)16(18,19)20;16-11-5-4-9(6-10(11)15(17,18)19)20-7-8-2-1-3-12(21)13(8)14(20)22;1-13-8-5-3-4-7(6-11)9(8)10(12)14-2;1-7-5-4-6-8(12-2)9(7)10(11)13-3;1-6-4-3-5-7(12-2)8(6)9(10)11;1-7-4-3-5-9(11-2)8(7)6-10;1-7-5-4-6-9(10-3)8(7)2;7-5-1-3-6(8)4-2-5;1-2;;;/h2-7H,8H2,1H3;1-6,21H,7H2;3-5H,6H2,1-2H3;4-6H,1-3H3;3-5H,1-2H3,(H,10,11);3-6H,1-2H3;4-6H,1-3H3;1,3-4H,8H2;2H2,1H3;;;/q;;;;;;;-1;;;;. The number of carboxylic acids is 1. The summed E-state index contributed by atoms with van der Waals surface area (Å²) in [5.74, 6) is 0.686. The van der Waals surface area contributed by atoms with Gasteiger partial charge in [-0.1, -0.05) is 135 Å². The first-order valence-corrected chi connectivity index (χ1v) is 36.2. The van der Waals surface area contributed by atoms with Gasteiger partial charge in [0.05, 0.1) is 108 Å². The van der Waals surface area contributed by atoms with Crippen LogP contribution in [0.15, 0.2) is 182 Å². The van der Waals surface area contributed by atoms with Crippen LogP contribution in [0.25, 0.3) is 0 Å². The SMILES string of the molecule is CN.COC(=O)c1c(C)cccc1OC.COC(=O)c1c(CBr)cccc1OC.COc1cccc(C)c1C.COc1cccc(C)c1C(=O)O.COc1cccc(C)c1C=O.COc1cccc2c1C(=O)N(c1ccc(Cl)c(C(F)(F)F)c1)C2.Nc1c[c-]c(Cl)cc1.O=C1c2c(O)cccc2CN1c1ccc(Cl)c(C(F)(F)F)c1.[Cf].[Cf].[Cf]. The van der Waals surface area contributed by atoms with Gasteiger partial charge >= 0.3 is 30.3 Å². The van der Waals surface area contributed by atoms with E-state index in [4.69, 9.17) is 74.1 Å². The second-order valence-electron chi connectivity index (χ2n) is 23.8. The molecule has 20 nitrogen and oxygen atoms in total. The van der Waals surface area contributed by atoms with E-state index in [1.165, 1.54) is 88.8 Å². The Morgan fingerprint density at radius 3 is 1.27 bits per heavy atom. The number of rotatable bonds is 13. The predicted octanol–water partition coefficient (Wildman–Crippen LogP) is 20.0. The summed E-state index contributed by atoms with van der Waals surface area (Å²) < 4.78 is 117. The van der Waals surface area contributed by atoms with Gasteiger partial charge in [0.2, 0.25) is 0 Å². The number of benzene rings is 10. The Hall–Kier alpha value is -14.5. The number of hydrogen-bond acceptors (Lipinski definition) is 17. The summed E-state index contributed by atoms with van der Waals surface area (Å²) >= 11 is 20.0. The van der Waals surface area contributed by atoms with E-state index >= 15 is 0 Å². The van der Waals surface area contributed by atoms with E-state index in [-0.39, 0.29) is 53.3 Å². The number of aryl methyl sites for hydroxylation is 4. The Kier molecular flexibility index (Phi) is 41.2. The van der Waals surface area contributed by atoms with Crippen LogP contribution in [0.5, 0.6) is 40.2 Å². The van der Waals surface area contributed by atoms with E-state index in [2.05, 4.69) is 57.1 Å². The minimum Gasteiger partial charge on any atom is -0.507 e. The van der Waals surface area contributed by atoms with Crippen LogP contribution in [-0.2, 0) is 40.2 Å². The molecule has 2 amide bonds. The monoisotopic (exact) mass is 2460 g/mol. The molecule has 0 aromatic heterocycles. The Morgan fingerprint density at radius 1 is 0.500 bits per heavy atom. The molecule has 0 fully saturated rings. The van der Waals surface area contributed by atoms with Crippen LogP contribution in [0.1, 0.15) is 118 Å². The van der Waals surface area contributed by atoms with Crippen LogP contribution in [0.2, 0.25) is 15.1 Å². The zero-order valence-electron chi connectivity index (χ0n) is 65.9. The maximum atomic E-state index is 13.0. The first-order chi connectivity index (χ1) is 54.5. The molecule has 0 bridgehead atoms. The number of fused-ring (bicyclic) bond motifs is 2. The second kappa shape index (κ2) is 47.9. The maximum absolute atomic E-state index is 13.0. The van der Waals surface area contributed by atoms with Crippen molar-refractivity contribution in [3.05, 3.63) is 292 Å². The molecule has 118 heavy (non-hydrogen) atoms. The largest absolute Gasteiger partial charge is 0.507 e. The van der Waals surface area contributed by atoms with Crippen LogP contribution in [0, 0.1) is 40.7 Å². The minimum atomic E-state index is -4.61. The number of amides is 2. The quantitative estimate of drug-likeness (QED) is 0.0208. The Morgan fingerprint density at radius 2 is 0.881 bits per heavy atom. The van der Waals surface area contributed by atoms with E-state index < -0.39 is 51.3 Å². The molecule has 0 aliphatic carbocycles. The third-order valence-corrected chi connectivity index (χ3v) is 18.2. The van der Waals surface area contributed by atoms with Gasteiger partial charge in [-0.3, -0.25) is 14.4 Å². The molecule has 0 spiro atoms. The number of halogens is 10. The molecule has 10 aromatic carbocycles. The van der Waals surface area contributed by atoms with Gasteiger partial charge in [0.25, 0.3) is 11.8 Å². The molecule has 0 saturated carbocycles. The van der Waals surface area contributed by atoms with E-state index in [9.17, 15) is 60.2 Å². The van der Waals surface area contributed by atoms with E-state index in [0.29, 0.717) is 83.7 Å². The average Bonchev–Trinajstić information content (AvgIpc) is 1.61. The number of alkyl halides is 7. The summed E-state index contributed by atoms with van der Waals surface area (Å²) in [4.78, 5) is 71.3. The normalized spacial score (nSPS) is 10.9. The van der Waals surface area contributed by atoms with Gasteiger partial charge in [-0.25, -0.2) is 14.4 Å². The molecule has 6 N–H and O–H groups in total. The summed E-state index contributed by atoms with van der Waals surface area (Å²) in [7, 11) is 13.4. The number of anilines is 3. The summed E-state index contributed by atoms with van der Waals surface area (Å²) in [5, 5.41) is 18.9. The molecule has 12 rings (SSSR count). The molecule has 0 atom stereocenters. The molecule has 642 valence electrons. The van der Waals surface area contributed by atoms with Gasteiger partial charge in [0, 0.05) is 16.7 Å². The molecule has 0 unspecified atom stereocenters. The number of aldehydes is 1. The Balaban J connectivity index is 0.000000685. The first-order valence-electron chi connectivity index (χ1n) is 34.0. The smallest absolute Gasteiger partial charge is 0.417 e. The van der Waals surface area contributed by atoms with Gasteiger partial charge in [-0.2, -0.15) is 44.5 Å². The summed E-state index contributed by atoms with van der Waals surface area (Å²) in [5.41, 5.74) is 18.3. The van der Waals surface area contributed by atoms with Crippen LogP contribution >= 0.6 is 50.7 Å². The van der Waals surface area contributed by atoms with E-state index in [0.717, 1.165) is 53.0 Å². The number of phenolic OH excluding ortho intramolecular Hbond substituents is 1. The van der Waals surface area contributed by atoms with Crippen molar-refractivity contribution in [3.8, 4) is 40.2 Å². The van der Waals surface area contributed by atoms with Crippen molar-refractivity contribution in [2.45, 2.75) is 65.4 Å². The number of carbonyl (C=O) groups is 6. The second-order valence-corrected chi connectivity index (χ2v) is 25.6. The third kappa shape index (κ3) is 26.8. The molecule has 33 heteroatoms. The van der Waals surface area contributed by atoms with Crippen LogP contribution in [0.4, 0.5) is 43.4 Å². The van der Waals surface area contributed by atoms with Gasteiger partial charge in [-0.15, -0.1) is 17.7 Å². The fraction of sp³-hybridized carbons (Fsp3) is 0.224. The number of esters is 2. The molecule has 2 heterocycles. The number of nitrogens with two attached hydrogens (primary N) is 2. The van der Waals surface area contributed by atoms with Gasteiger partial charge in [0.1, 0.15) is 56.9 Å². The molecule has 0 saturated heterocycles. The maximum Gasteiger partial charge on any atom is 0.417 e. The zero-order chi connectivity index (χ0) is 86.2. The molecule has 0 radical (unpaired) electrons. The first kappa shape index (κ1) is 102. The zero-order valence-corrected chi connectivity index (χ0v) is 77.7. The molecule has 2 aliphatic heterocycles. The number of carbonyl (C=O) groups excluding carboxylic acids is 5. The van der Waals surface area contributed by atoms with Crippen molar-refractivity contribution in [1.82, 2.24) is 0 Å². The van der Waals surface area contributed by atoms with Gasteiger partial charge in [0.15, 0.2) is 6.29 Å². The van der Waals surface area contributed by atoms with Crippen LogP contribution in [0.3, 0.4) is 0 Å². The molecule has 10 aromatic rings. The average molecular weight is 2470 g/mol. The number of methoxy groups -OCH3 is 8. The minimum absolute atomic E-state index is 0. The van der Waals surface area contributed by atoms with E-state index in [1.807, 2.05) is 62.4 Å². The van der Waals surface area contributed by atoms with Crippen molar-refractivity contribution >= 4 is 104 Å².